The molecule has 1 unspecified atom stereocenters. The summed E-state index contributed by atoms with van der Waals surface area (Å²) >= 11 is 1.89. The third-order valence-corrected chi connectivity index (χ3v) is 5.06. The van der Waals surface area contributed by atoms with Crippen LogP contribution in [0.4, 0.5) is 0 Å². The highest BCUT2D eigenvalue weighted by Crippen LogP contribution is 2.39. The molecule has 1 heterocycles. The Balaban J connectivity index is 0.00000312. The first-order valence-corrected chi connectivity index (χ1v) is 9.20. The number of rotatable bonds is 8. The molecule has 0 saturated carbocycles. The van der Waals surface area contributed by atoms with E-state index in [-0.39, 0.29) is 24.4 Å². The molecular formula is C17H27ClN2O4S. The molecule has 0 radical (unpaired) electrons. The highest BCUT2D eigenvalue weighted by atomic mass is 35.5. The maximum absolute atomic E-state index is 12.0. The first kappa shape index (κ1) is 21.7. The molecule has 142 valence electrons. The van der Waals surface area contributed by atoms with E-state index in [0.29, 0.717) is 36.6 Å². The van der Waals surface area contributed by atoms with E-state index in [9.17, 15) is 4.79 Å². The van der Waals surface area contributed by atoms with Gasteiger partial charge in [0.2, 0.25) is 11.7 Å². The number of halogens is 1. The van der Waals surface area contributed by atoms with Gasteiger partial charge in [-0.15, -0.1) is 12.4 Å². The van der Waals surface area contributed by atoms with Crippen LogP contribution in [-0.4, -0.2) is 57.9 Å². The van der Waals surface area contributed by atoms with E-state index in [0.717, 1.165) is 23.6 Å². The van der Waals surface area contributed by atoms with Gasteiger partial charge in [0.15, 0.2) is 11.5 Å². The molecule has 2 N–H and O–H groups in total. The van der Waals surface area contributed by atoms with Crippen LogP contribution in [0.15, 0.2) is 12.1 Å². The molecule has 8 heteroatoms. The van der Waals surface area contributed by atoms with Gasteiger partial charge in [-0.1, -0.05) is 6.07 Å². The average Bonchev–Trinajstić information content (AvgIpc) is 2.61. The second kappa shape index (κ2) is 11.3. The number of thioether (sulfide) groups is 1. The first-order valence-electron chi connectivity index (χ1n) is 8.05. The lowest BCUT2D eigenvalue weighted by atomic mass is 10.1. The van der Waals surface area contributed by atoms with Crippen LogP contribution in [-0.2, 0) is 11.2 Å². The molecule has 0 spiro atoms. The largest absolute Gasteiger partial charge is 0.493 e. The van der Waals surface area contributed by atoms with Gasteiger partial charge in [-0.25, -0.2) is 0 Å². The molecule has 1 aromatic carbocycles. The topological polar surface area (TPSA) is 68.8 Å². The number of nitrogens with one attached hydrogen (secondary N) is 2. The number of ether oxygens (including phenoxy) is 3. The van der Waals surface area contributed by atoms with E-state index in [1.807, 2.05) is 23.9 Å². The smallest absolute Gasteiger partial charge is 0.221 e. The Morgan fingerprint density at radius 2 is 2.00 bits per heavy atom. The number of methoxy groups -OCH3 is 3. The highest BCUT2D eigenvalue weighted by molar-refractivity contribution is 7.99. The Bertz CT molecular complexity index is 554. The quantitative estimate of drug-likeness (QED) is 0.706. The molecule has 0 aromatic heterocycles. The Morgan fingerprint density at radius 1 is 1.24 bits per heavy atom. The van der Waals surface area contributed by atoms with E-state index in [1.54, 1.807) is 21.3 Å². The molecule has 25 heavy (non-hydrogen) atoms. The number of hydrogen-bond donors (Lipinski definition) is 2. The maximum Gasteiger partial charge on any atom is 0.221 e. The van der Waals surface area contributed by atoms with Crippen LogP contribution < -0.4 is 24.8 Å². The minimum absolute atomic E-state index is 0. The Hall–Kier alpha value is -1.31. The van der Waals surface area contributed by atoms with Crippen molar-refractivity contribution in [1.82, 2.24) is 10.6 Å². The van der Waals surface area contributed by atoms with Gasteiger partial charge in [-0.2, -0.15) is 11.8 Å². The predicted octanol–water partition coefficient (Wildman–Crippen LogP) is 1.89. The third kappa shape index (κ3) is 6.17. The zero-order valence-electron chi connectivity index (χ0n) is 14.9. The summed E-state index contributed by atoms with van der Waals surface area (Å²) in [6.07, 6.45) is 1.19. The van der Waals surface area contributed by atoms with Crippen molar-refractivity contribution in [3.8, 4) is 17.2 Å². The first-order chi connectivity index (χ1) is 11.7. The normalized spacial score (nSPS) is 16.5. The van der Waals surface area contributed by atoms with Crippen LogP contribution in [0.5, 0.6) is 17.2 Å². The SMILES string of the molecule is COc1ccc(CCNC(=O)CC2CSCCN2)c(OC)c1OC.Cl. The van der Waals surface area contributed by atoms with Gasteiger partial charge in [0.05, 0.1) is 21.3 Å². The number of carbonyl (C=O) groups is 1. The molecule has 1 amide bonds. The fourth-order valence-corrected chi connectivity index (χ4v) is 3.69. The predicted molar refractivity (Wildman–Crippen MR) is 104 cm³/mol. The second-order valence-corrected chi connectivity index (χ2v) is 6.67. The van der Waals surface area contributed by atoms with Gasteiger partial charge in [0.1, 0.15) is 0 Å². The zero-order chi connectivity index (χ0) is 17.4. The van der Waals surface area contributed by atoms with Crippen LogP contribution in [0, 0.1) is 0 Å². The van der Waals surface area contributed by atoms with Crippen LogP contribution in [0.1, 0.15) is 12.0 Å². The zero-order valence-corrected chi connectivity index (χ0v) is 16.6. The second-order valence-electron chi connectivity index (χ2n) is 5.52. The van der Waals surface area contributed by atoms with E-state index in [2.05, 4.69) is 10.6 Å². The summed E-state index contributed by atoms with van der Waals surface area (Å²) in [7, 11) is 4.78. The molecule has 0 bridgehead atoms. The lowest BCUT2D eigenvalue weighted by Gasteiger charge is -2.22. The maximum atomic E-state index is 12.0. The summed E-state index contributed by atoms with van der Waals surface area (Å²) in [5, 5.41) is 6.35. The van der Waals surface area contributed by atoms with Crippen molar-refractivity contribution in [3.63, 3.8) is 0 Å². The average molecular weight is 391 g/mol. The van der Waals surface area contributed by atoms with E-state index >= 15 is 0 Å². The Morgan fingerprint density at radius 3 is 2.60 bits per heavy atom. The number of hydrogen-bond acceptors (Lipinski definition) is 6. The van der Waals surface area contributed by atoms with Crippen molar-refractivity contribution < 1.29 is 19.0 Å². The van der Waals surface area contributed by atoms with Gasteiger partial charge in [0.25, 0.3) is 0 Å². The molecule has 2 rings (SSSR count). The molecule has 1 aromatic rings. The molecule has 1 aliphatic heterocycles. The van der Waals surface area contributed by atoms with E-state index in [1.165, 1.54) is 0 Å². The van der Waals surface area contributed by atoms with Crippen molar-refractivity contribution in [2.75, 3.05) is 45.9 Å². The van der Waals surface area contributed by atoms with Gasteiger partial charge < -0.3 is 24.8 Å². The van der Waals surface area contributed by atoms with Gasteiger partial charge in [-0.3, -0.25) is 4.79 Å². The minimum Gasteiger partial charge on any atom is -0.493 e. The van der Waals surface area contributed by atoms with Crippen LogP contribution in [0.2, 0.25) is 0 Å². The summed E-state index contributed by atoms with van der Waals surface area (Å²) in [5.74, 6) is 4.05. The summed E-state index contributed by atoms with van der Waals surface area (Å²) in [6.45, 7) is 1.54. The van der Waals surface area contributed by atoms with Crippen molar-refractivity contribution in [2.24, 2.45) is 0 Å². The van der Waals surface area contributed by atoms with Crippen molar-refractivity contribution >= 4 is 30.1 Å². The summed E-state index contributed by atoms with van der Waals surface area (Å²) < 4.78 is 16.1. The number of benzene rings is 1. The monoisotopic (exact) mass is 390 g/mol. The van der Waals surface area contributed by atoms with Crippen molar-refractivity contribution in [1.29, 1.82) is 0 Å². The van der Waals surface area contributed by atoms with Crippen molar-refractivity contribution in [3.05, 3.63) is 17.7 Å². The minimum atomic E-state index is 0. The number of amides is 1. The van der Waals surface area contributed by atoms with Crippen LogP contribution in [0.3, 0.4) is 0 Å². The molecule has 6 nitrogen and oxygen atoms in total. The van der Waals surface area contributed by atoms with Crippen LogP contribution >= 0.6 is 24.2 Å². The van der Waals surface area contributed by atoms with Gasteiger partial charge in [-0.05, 0) is 12.5 Å². The van der Waals surface area contributed by atoms with E-state index in [4.69, 9.17) is 14.2 Å². The lowest BCUT2D eigenvalue weighted by Crippen LogP contribution is -2.41. The fourth-order valence-electron chi connectivity index (χ4n) is 2.74. The van der Waals surface area contributed by atoms with Crippen LogP contribution in [0.25, 0.3) is 0 Å². The van der Waals surface area contributed by atoms with E-state index < -0.39 is 0 Å². The van der Waals surface area contributed by atoms with Gasteiger partial charge in [0, 0.05) is 42.6 Å². The molecule has 1 saturated heterocycles. The summed E-state index contributed by atoms with van der Waals surface area (Å²) in [5.41, 5.74) is 0.974. The van der Waals surface area contributed by atoms with Gasteiger partial charge >= 0.3 is 0 Å². The summed E-state index contributed by atoms with van der Waals surface area (Å²) in [6, 6.07) is 4.06. The van der Waals surface area contributed by atoms with Crippen molar-refractivity contribution in [2.45, 2.75) is 18.9 Å². The molecule has 1 aliphatic rings. The standard InChI is InChI=1S/C17H26N2O4S.ClH/c1-21-14-5-4-12(16(22-2)17(14)23-3)6-7-19-15(20)10-13-11-24-9-8-18-13;/h4-5,13,18H,6-11H2,1-3H3,(H,19,20);1H. The fraction of sp³-hybridized carbons (Fsp3) is 0.588. The molecule has 1 fully saturated rings. The third-order valence-electron chi connectivity index (χ3n) is 3.93. The Labute approximate surface area is 159 Å². The lowest BCUT2D eigenvalue weighted by molar-refractivity contribution is -0.121. The highest BCUT2D eigenvalue weighted by Gasteiger charge is 2.18. The number of carbonyl (C=O) groups excluding carboxylic acids is 1. The molecular weight excluding hydrogens is 364 g/mol. The molecule has 1 atom stereocenters. The summed E-state index contributed by atoms with van der Waals surface area (Å²) in [4.78, 5) is 12.0. The molecule has 0 aliphatic carbocycles. The Kier molecular flexibility index (Phi) is 9.85.